The molecule has 2 aromatic rings. The lowest BCUT2D eigenvalue weighted by Gasteiger charge is -2.09. The molecule has 0 aliphatic carbocycles. The maximum Gasteiger partial charge on any atom is 0.161 e. The second-order valence-electron chi connectivity index (χ2n) is 3.85. The van der Waals surface area contributed by atoms with Crippen LogP contribution < -0.4 is 11.3 Å². The van der Waals surface area contributed by atoms with Gasteiger partial charge in [0, 0.05) is 11.5 Å². The number of pyridine rings is 1. The minimum atomic E-state index is -0.906. The van der Waals surface area contributed by atoms with Crippen LogP contribution in [0.2, 0.25) is 0 Å². The number of nitrogens with zero attached hydrogens (tertiary/aromatic N) is 1. The van der Waals surface area contributed by atoms with Crippen molar-refractivity contribution in [3.63, 3.8) is 0 Å². The van der Waals surface area contributed by atoms with Gasteiger partial charge in [-0.3, -0.25) is 0 Å². The third-order valence-electron chi connectivity index (χ3n) is 2.59. The van der Waals surface area contributed by atoms with E-state index in [0.29, 0.717) is 16.7 Å². The normalized spacial score (nSPS) is 10.8. The van der Waals surface area contributed by atoms with Crippen LogP contribution in [0.4, 0.5) is 14.6 Å². The molecule has 3 nitrogen and oxygen atoms in total. The van der Waals surface area contributed by atoms with E-state index in [9.17, 15) is 8.78 Å². The van der Waals surface area contributed by atoms with E-state index < -0.39 is 11.6 Å². The van der Waals surface area contributed by atoms with E-state index in [4.69, 9.17) is 5.84 Å². The molecule has 0 atom stereocenters. The highest BCUT2D eigenvalue weighted by Crippen LogP contribution is 2.23. The van der Waals surface area contributed by atoms with Crippen LogP contribution in [0.5, 0.6) is 0 Å². The number of rotatable bonds is 3. The number of nitrogen functional groups attached to an aromatic ring is 1. The Bertz CT molecular complexity index is 555. The summed E-state index contributed by atoms with van der Waals surface area (Å²) in [4.78, 5) is 4.17. The molecule has 0 saturated carbocycles. The summed E-state index contributed by atoms with van der Waals surface area (Å²) in [5.74, 6) is 4.09. The van der Waals surface area contributed by atoms with E-state index in [1.165, 1.54) is 0 Å². The van der Waals surface area contributed by atoms with Crippen molar-refractivity contribution in [2.45, 2.75) is 19.8 Å². The Labute approximate surface area is 97.6 Å². The van der Waals surface area contributed by atoms with Gasteiger partial charge < -0.3 is 5.43 Å². The summed E-state index contributed by atoms with van der Waals surface area (Å²) in [5, 5.41) is 0.575. The number of aromatic nitrogens is 1. The molecule has 3 N–H and O–H groups in total. The third-order valence-corrected chi connectivity index (χ3v) is 2.59. The molecule has 0 bridgehead atoms. The van der Waals surface area contributed by atoms with Crippen molar-refractivity contribution in [1.29, 1.82) is 0 Å². The molecular weight excluding hydrogens is 224 g/mol. The van der Waals surface area contributed by atoms with Crippen molar-refractivity contribution in [3.8, 4) is 0 Å². The molecule has 1 aromatic carbocycles. The average Bonchev–Trinajstić information content (AvgIpc) is 2.31. The number of anilines is 1. The van der Waals surface area contributed by atoms with Gasteiger partial charge in [0.25, 0.3) is 0 Å². The molecule has 0 saturated heterocycles. The molecule has 1 aromatic heterocycles. The van der Waals surface area contributed by atoms with Crippen molar-refractivity contribution in [2.24, 2.45) is 5.84 Å². The van der Waals surface area contributed by atoms with Gasteiger partial charge in [-0.2, -0.15) is 0 Å². The van der Waals surface area contributed by atoms with Gasteiger partial charge >= 0.3 is 0 Å². The Hall–Kier alpha value is -1.75. The first-order valence-corrected chi connectivity index (χ1v) is 5.41. The SMILES string of the molecule is CCCc1cc2cc(F)c(F)cc2nc1NN. The summed E-state index contributed by atoms with van der Waals surface area (Å²) in [5.41, 5.74) is 3.76. The monoisotopic (exact) mass is 237 g/mol. The molecule has 5 heteroatoms. The molecule has 90 valence electrons. The van der Waals surface area contributed by atoms with Crippen LogP contribution in [0.25, 0.3) is 10.9 Å². The van der Waals surface area contributed by atoms with Gasteiger partial charge in [0.1, 0.15) is 5.82 Å². The van der Waals surface area contributed by atoms with Gasteiger partial charge in [-0.15, -0.1) is 0 Å². The second kappa shape index (κ2) is 4.63. The minimum absolute atomic E-state index is 0.386. The molecule has 0 aliphatic rings. The van der Waals surface area contributed by atoms with E-state index in [1.54, 1.807) is 6.07 Å². The summed E-state index contributed by atoms with van der Waals surface area (Å²) < 4.78 is 26.2. The highest BCUT2D eigenvalue weighted by Gasteiger charge is 2.09. The van der Waals surface area contributed by atoms with Gasteiger partial charge in [0.15, 0.2) is 11.6 Å². The summed E-state index contributed by atoms with van der Waals surface area (Å²) in [7, 11) is 0. The molecule has 0 spiro atoms. The minimum Gasteiger partial charge on any atom is -0.308 e. The van der Waals surface area contributed by atoms with E-state index in [-0.39, 0.29) is 0 Å². The molecule has 0 amide bonds. The topological polar surface area (TPSA) is 50.9 Å². The zero-order valence-electron chi connectivity index (χ0n) is 9.43. The van der Waals surface area contributed by atoms with Gasteiger partial charge in [-0.05, 0) is 24.1 Å². The molecule has 0 fully saturated rings. The molecule has 0 aliphatic heterocycles. The number of benzene rings is 1. The lowest BCUT2D eigenvalue weighted by molar-refractivity contribution is 0.510. The maximum absolute atomic E-state index is 13.1. The third kappa shape index (κ3) is 2.19. The lowest BCUT2D eigenvalue weighted by atomic mass is 10.1. The number of fused-ring (bicyclic) bond motifs is 1. The fourth-order valence-electron chi connectivity index (χ4n) is 1.80. The van der Waals surface area contributed by atoms with Gasteiger partial charge in [-0.1, -0.05) is 13.3 Å². The van der Waals surface area contributed by atoms with Crippen LogP contribution in [0.1, 0.15) is 18.9 Å². The number of halogens is 2. The first-order valence-electron chi connectivity index (χ1n) is 5.41. The molecule has 0 radical (unpaired) electrons. The van der Waals surface area contributed by atoms with Gasteiger partial charge in [0.05, 0.1) is 5.52 Å². The van der Waals surface area contributed by atoms with Crippen molar-refractivity contribution in [3.05, 3.63) is 35.4 Å². The Kier molecular flexibility index (Phi) is 3.19. The molecule has 0 unspecified atom stereocenters. The standard InChI is InChI=1S/C12H13F2N3/c1-2-3-7-4-8-5-9(13)10(14)6-11(8)16-12(7)17-15/h4-6H,2-3,15H2,1H3,(H,16,17). The zero-order valence-corrected chi connectivity index (χ0v) is 9.43. The number of nitrogens with one attached hydrogen (secondary N) is 1. The maximum atomic E-state index is 13.1. The van der Waals surface area contributed by atoms with E-state index in [0.717, 1.165) is 30.5 Å². The van der Waals surface area contributed by atoms with Crippen LogP contribution in [-0.2, 0) is 6.42 Å². The molecular formula is C12H13F2N3. The predicted molar refractivity (Wildman–Crippen MR) is 63.5 cm³/mol. The number of hydrogen-bond acceptors (Lipinski definition) is 3. The largest absolute Gasteiger partial charge is 0.308 e. The van der Waals surface area contributed by atoms with Crippen molar-refractivity contribution in [1.82, 2.24) is 4.98 Å². The highest BCUT2D eigenvalue weighted by molar-refractivity contribution is 5.81. The zero-order chi connectivity index (χ0) is 12.4. The predicted octanol–water partition coefficient (Wildman–Crippen LogP) is 2.75. The van der Waals surface area contributed by atoms with Crippen LogP contribution in [0.3, 0.4) is 0 Å². The van der Waals surface area contributed by atoms with Crippen molar-refractivity contribution < 1.29 is 8.78 Å². The lowest BCUT2D eigenvalue weighted by Crippen LogP contribution is -2.11. The second-order valence-corrected chi connectivity index (χ2v) is 3.85. The quantitative estimate of drug-likeness (QED) is 0.637. The molecule has 2 rings (SSSR count). The number of hydrogen-bond donors (Lipinski definition) is 2. The molecule has 17 heavy (non-hydrogen) atoms. The van der Waals surface area contributed by atoms with Crippen molar-refractivity contribution in [2.75, 3.05) is 5.43 Å². The summed E-state index contributed by atoms with van der Waals surface area (Å²) >= 11 is 0. The van der Waals surface area contributed by atoms with Crippen LogP contribution >= 0.6 is 0 Å². The van der Waals surface area contributed by atoms with Crippen molar-refractivity contribution >= 4 is 16.7 Å². The fraction of sp³-hybridized carbons (Fsp3) is 0.250. The van der Waals surface area contributed by atoms with Crippen LogP contribution in [0.15, 0.2) is 18.2 Å². The van der Waals surface area contributed by atoms with Crippen LogP contribution in [0, 0.1) is 11.6 Å². The van der Waals surface area contributed by atoms with E-state index in [1.807, 2.05) is 6.92 Å². The molecule has 1 heterocycles. The Morgan fingerprint density at radius 2 is 1.94 bits per heavy atom. The van der Waals surface area contributed by atoms with E-state index in [2.05, 4.69) is 10.4 Å². The average molecular weight is 237 g/mol. The highest BCUT2D eigenvalue weighted by atomic mass is 19.2. The number of hydrazine groups is 1. The Morgan fingerprint density at radius 1 is 1.24 bits per heavy atom. The smallest absolute Gasteiger partial charge is 0.161 e. The summed E-state index contributed by atoms with van der Waals surface area (Å²) in [6.45, 7) is 2.02. The fourth-order valence-corrected chi connectivity index (χ4v) is 1.80. The first kappa shape index (κ1) is 11.7. The summed E-state index contributed by atoms with van der Waals surface area (Å²) in [6, 6.07) is 4.00. The van der Waals surface area contributed by atoms with Gasteiger partial charge in [0.2, 0.25) is 0 Å². The van der Waals surface area contributed by atoms with Crippen LogP contribution in [-0.4, -0.2) is 4.98 Å². The summed E-state index contributed by atoms with van der Waals surface area (Å²) in [6.07, 6.45) is 1.70. The van der Waals surface area contributed by atoms with E-state index >= 15 is 0 Å². The first-order chi connectivity index (χ1) is 8.15. The van der Waals surface area contributed by atoms with Gasteiger partial charge in [-0.25, -0.2) is 19.6 Å². The number of aryl methyl sites for hydroxylation is 1. The Morgan fingerprint density at radius 3 is 2.59 bits per heavy atom. The number of nitrogens with two attached hydrogens (primary N) is 1. The Balaban J connectivity index is 2.65.